The van der Waals surface area contributed by atoms with Crippen molar-refractivity contribution in [3.63, 3.8) is 0 Å². The number of rotatable bonds is 6. The van der Waals surface area contributed by atoms with Gasteiger partial charge in [0.2, 0.25) is 5.91 Å². The fraction of sp³-hybridized carbons (Fsp3) is 0.190. The number of hydrogen-bond acceptors (Lipinski definition) is 5. The van der Waals surface area contributed by atoms with Crippen LogP contribution in [0, 0.1) is 12.7 Å². The Hall–Kier alpha value is -2.55. The molecule has 0 bridgehead atoms. The second-order valence-corrected chi connectivity index (χ2v) is 9.04. The Bertz CT molecular complexity index is 1280. The first-order valence-electron chi connectivity index (χ1n) is 9.15. The standard InChI is InChI=1S/C21H17ClFN3O2S2/c1-13-5-8-29-18(13)11-26(14-2-3-17(23)16(22)10-14)19(27)4-7-25-12-24-20-15(21(25)28)6-9-30-20/h2-3,5-6,8-10,12H,4,7,11H2,1H3. The molecule has 0 fully saturated rings. The van der Waals surface area contributed by atoms with Crippen molar-refractivity contribution < 1.29 is 9.18 Å². The maximum atomic E-state index is 13.6. The van der Waals surface area contributed by atoms with E-state index in [4.69, 9.17) is 11.6 Å². The van der Waals surface area contributed by atoms with Gasteiger partial charge in [-0.15, -0.1) is 22.7 Å². The van der Waals surface area contributed by atoms with Gasteiger partial charge < -0.3 is 4.90 Å². The number of fused-ring (bicyclic) bond motifs is 1. The third-order valence-corrected chi connectivity index (χ3v) is 6.92. The monoisotopic (exact) mass is 461 g/mol. The molecule has 30 heavy (non-hydrogen) atoms. The smallest absolute Gasteiger partial charge is 0.262 e. The Morgan fingerprint density at radius 3 is 2.77 bits per heavy atom. The minimum Gasteiger partial charge on any atom is -0.307 e. The first-order valence-corrected chi connectivity index (χ1v) is 11.3. The van der Waals surface area contributed by atoms with E-state index >= 15 is 0 Å². The number of amides is 1. The van der Waals surface area contributed by atoms with E-state index in [0.29, 0.717) is 22.4 Å². The van der Waals surface area contributed by atoms with Crippen LogP contribution in [-0.4, -0.2) is 15.5 Å². The van der Waals surface area contributed by atoms with Crippen LogP contribution in [0.3, 0.4) is 0 Å². The van der Waals surface area contributed by atoms with Crippen LogP contribution < -0.4 is 10.5 Å². The molecule has 5 nitrogen and oxygen atoms in total. The molecule has 0 radical (unpaired) electrons. The van der Waals surface area contributed by atoms with Gasteiger partial charge in [-0.1, -0.05) is 11.6 Å². The van der Waals surface area contributed by atoms with Gasteiger partial charge in [-0.25, -0.2) is 9.37 Å². The summed E-state index contributed by atoms with van der Waals surface area (Å²) < 4.78 is 15.1. The van der Waals surface area contributed by atoms with Crippen LogP contribution in [0.25, 0.3) is 10.2 Å². The molecular formula is C21H17ClFN3O2S2. The molecule has 1 aromatic carbocycles. The van der Waals surface area contributed by atoms with Gasteiger partial charge in [-0.2, -0.15) is 0 Å². The minimum atomic E-state index is -0.540. The molecule has 0 saturated carbocycles. The number of benzene rings is 1. The molecule has 9 heteroatoms. The minimum absolute atomic E-state index is 0.0449. The zero-order chi connectivity index (χ0) is 21.3. The normalized spacial score (nSPS) is 11.2. The van der Waals surface area contributed by atoms with Crippen LogP contribution in [0.4, 0.5) is 10.1 Å². The van der Waals surface area contributed by atoms with Crippen molar-refractivity contribution in [2.24, 2.45) is 0 Å². The summed E-state index contributed by atoms with van der Waals surface area (Å²) in [5.74, 6) is -0.732. The number of aryl methyl sites for hydroxylation is 2. The Morgan fingerprint density at radius 1 is 1.23 bits per heavy atom. The van der Waals surface area contributed by atoms with Gasteiger partial charge >= 0.3 is 0 Å². The second-order valence-electron chi connectivity index (χ2n) is 6.74. The highest BCUT2D eigenvalue weighted by atomic mass is 35.5. The highest BCUT2D eigenvalue weighted by Gasteiger charge is 2.19. The van der Waals surface area contributed by atoms with Crippen molar-refractivity contribution in [2.75, 3.05) is 4.90 Å². The van der Waals surface area contributed by atoms with E-state index in [1.54, 1.807) is 22.3 Å². The van der Waals surface area contributed by atoms with Crippen LogP contribution >= 0.6 is 34.3 Å². The Morgan fingerprint density at radius 2 is 2.03 bits per heavy atom. The predicted molar refractivity (Wildman–Crippen MR) is 120 cm³/mol. The highest BCUT2D eigenvalue weighted by Crippen LogP contribution is 2.27. The zero-order valence-corrected chi connectivity index (χ0v) is 18.4. The van der Waals surface area contributed by atoms with Gasteiger partial charge in [-0.3, -0.25) is 14.2 Å². The first kappa shape index (κ1) is 20.7. The molecular weight excluding hydrogens is 445 g/mol. The highest BCUT2D eigenvalue weighted by molar-refractivity contribution is 7.16. The van der Waals surface area contributed by atoms with E-state index in [-0.39, 0.29) is 29.5 Å². The Kier molecular flexibility index (Phi) is 5.99. The molecule has 3 heterocycles. The largest absolute Gasteiger partial charge is 0.307 e. The summed E-state index contributed by atoms with van der Waals surface area (Å²) >= 11 is 8.90. The van der Waals surface area contributed by atoms with Crippen molar-refractivity contribution >= 4 is 56.1 Å². The SMILES string of the molecule is Cc1ccsc1CN(C(=O)CCn1cnc2sccc2c1=O)c1ccc(F)c(Cl)c1. The Labute approximate surface area is 185 Å². The lowest BCUT2D eigenvalue weighted by atomic mass is 10.2. The number of halogens is 2. The Balaban J connectivity index is 1.59. The lowest BCUT2D eigenvalue weighted by Gasteiger charge is -2.23. The summed E-state index contributed by atoms with van der Waals surface area (Å²) in [5.41, 5.74) is 1.42. The quantitative estimate of drug-likeness (QED) is 0.394. The fourth-order valence-corrected chi connectivity index (χ4v) is 4.88. The molecule has 4 rings (SSSR count). The number of aromatic nitrogens is 2. The molecule has 154 valence electrons. The molecule has 4 aromatic rings. The molecule has 0 aliphatic carbocycles. The molecule has 0 unspecified atom stereocenters. The van der Waals surface area contributed by atoms with Gasteiger partial charge in [0.15, 0.2) is 0 Å². The van der Waals surface area contributed by atoms with Crippen molar-refractivity contribution in [3.05, 3.63) is 79.1 Å². The summed E-state index contributed by atoms with van der Waals surface area (Å²) in [6.07, 6.45) is 1.56. The van der Waals surface area contributed by atoms with E-state index in [1.807, 2.05) is 23.8 Å². The van der Waals surface area contributed by atoms with Crippen molar-refractivity contribution in [1.29, 1.82) is 0 Å². The number of carbonyl (C=O) groups excluding carboxylic acids is 1. The van der Waals surface area contributed by atoms with Crippen LogP contribution in [-0.2, 0) is 17.9 Å². The zero-order valence-electron chi connectivity index (χ0n) is 16.0. The van der Waals surface area contributed by atoms with Gasteiger partial charge in [0, 0.05) is 23.5 Å². The number of hydrogen-bond donors (Lipinski definition) is 0. The second kappa shape index (κ2) is 8.67. The summed E-state index contributed by atoms with van der Waals surface area (Å²) in [4.78, 5) is 33.3. The van der Waals surface area contributed by atoms with Crippen LogP contribution in [0.1, 0.15) is 16.9 Å². The number of carbonyl (C=O) groups is 1. The summed E-state index contributed by atoms with van der Waals surface area (Å²) in [6.45, 7) is 2.53. The summed E-state index contributed by atoms with van der Waals surface area (Å²) in [7, 11) is 0. The number of nitrogens with zero attached hydrogens (tertiary/aromatic N) is 3. The molecule has 0 atom stereocenters. The van der Waals surface area contributed by atoms with Crippen molar-refractivity contribution in [2.45, 2.75) is 26.4 Å². The van der Waals surface area contributed by atoms with E-state index in [9.17, 15) is 14.0 Å². The van der Waals surface area contributed by atoms with E-state index in [2.05, 4.69) is 4.98 Å². The molecule has 3 aromatic heterocycles. The van der Waals surface area contributed by atoms with Crippen LogP contribution in [0.2, 0.25) is 5.02 Å². The predicted octanol–water partition coefficient (Wildman–Crippen LogP) is 5.24. The van der Waals surface area contributed by atoms with Crippen LogP contribution in [0.5, 0.6) is 0 Å². The average Bonchev–Trinajstić information content (AvgIpc) is 3.37. The molecule has 0 saturated heterocycles. The molecule has 0 N–H and O–H groups in total. The first-order chi connectivity index (χ1) is 14.4. The van der Waals surface area contributed by atoms with Crippen LogP contribution in [0.15, 0.2) is 52.2 Å². The topological polar surface area (TPSA) is 55.2 Å². The third-order valence-electron chi connectivity index (χ3n) is 4.80. The molecule has 0 aliphatic heterocycles. The lowest BCUT2D eigenvalue weighted by Crippen LogP contribution is -2.32. The fourth-order valence-electron chi connectivity index (χ4n) is 3.09. The summed E-state index contributed by atoms with van der Waals surface area (Å²) in [6, 6.07) is 7.95. The van der Waals surface area contributed by atoms with Crippen molar-refractivity contribution in [1.82, 2.24) is 9.55 Å². The maximum Gasteiger partial charge on any atom is 0.262 e. The maximum absolute atomic E-state index is 13.6. The molecule has 0 aliphatic rings. The van der Waals surface area contributed by atoms with Gasteiger partial charge in [0.1, 0.15) is 10.6 Å². The molecule has 1 amide bonds. The van der Waals surface area contributed by atoms with E-state index < -0.39 is 5.82 Å². The van der Waals surface area contributed by atoms with Gasteiger partial charge in [0.25, 0.3) is 5.56 Å². The third kappa shape index (κ3) is 4.16. The summed E-state index contributed by atoms with van der Waals surface area (Å²) in [5, 5.41) is 4.28. The van der Waals surface area contributed by atoms with Crippen molar-refractivity contribution in [3.8, 4) is 0 Å². The van der Waals surface area contributed by atoms with E-state index in [1.165, 1.54) is 40.4 Å². The molecule has 0 spiro atoms. The number of anilines is 1. The number of thiophene rings is 2. The van der Waals surface area contributed by atoms with Gasteiger partial charge in [-0.05, 0) is 53.6 Å². The lowest BCUT2D eigenvalue weighted by molar-refractivity contribution is -0.119. The van der Waals surface area contributed by atoms with Gasteiger partial charge in [0.05, 0.1) is 23.3 Å². The van der Waals surface area contributed by atoms with E-state index in [0.717, 1.165) is 10.4 Å². The average molecular weight is 462 g/mol.